The number of para-hydroxylation sites is 1. The van der Waals surface area contributed by atoms with E-state index in [2.05, 4.69) is 20.7 Å². The van der Waals surface area contributed by atoms with Crippen LogP contribution in [0.2, 0.25) is 0 Å². The van der Waals surface area contributed by atoms with E-state index in [1.165, 1.54) is 11.3 Å². The first-order chi connectivity index (χ1) is 7.99. The Hall–Kier alpha value is -0.850. The van der Waals surface area contributed by atoms with Gasteiger partial charge in [0.2, 0.25) is 0 Å². The molecule has 1 N–H and O–H groups in total. The van der Waals surface area contributed by atoms with Gasteiger partial charge in [0.25, 0.3) is 10.0 Å². The number of hydrogen-bond donors (Lipinski definition) is 1. The van der Waals surface area contributed by atoms with Gasteiger partial charge in [-0.25, -0.2) is 8.42 Å². The summed E-state index contributed by atoms with van der Waals surface area (Å²) in [6, 6.07) is 10.5. The van der Waals surface area contributed by atoms with Gasteiger partial charge in [0.1, 0.15) is 4.21 Å². The van der Waals surface area contributed by atoms with Gasteiger partial charge in [-0.05, 0) is 47.1 Å². The van der Waals surface area contributed by atoms with Crippen molar-refractivity contribution in [2.45, 2.75) is 11.1 Å². The summed E-state index contributed by atoms with van der Waals surface area (Å²) < 4.78 is 27.7. The monoisotopic (exact) mass is 331 g/mol. The molecule has 0 unspecified atom stereocenters. The van der Waals surface area contributed by atoms with Crippen molar-refractivity contribution < 1.29 is 8.42 Å². The van der Waals surface area contributed by atoms with Gasteiger partial charge in [0.15, 0.2) is 0 Å². The minimum atomic E-state index is -3.48. The fraction of sp³-hybridized carbons (Fsp3) is 0.0909. The minimum Gasteiger partial charge on any atom is -0.278 e. The van der Waals surface area contributed by atoms with Crippen molar-refractivity contribution in [3.8, 4) is 0 Å². The van der Waals surface area contributed by atoms with Crippen molar-refractivity contribution in [2.75, 3.05) is 4.72 Å². The van der Waals surface area contributed by atoms with Gasteiger partial charge >= 0.3 is 0 Å². The Balaban J connectivity index is 2.33. The summed E-state index contributed by atoms with van der Waals surface area (Å²) in [5, 5.41) is 0. The Kier molecular flexibility index (Phi) is 3.56. The van der Waals surface area contributed by atoms with Crippen LogP contribution in [0.3, 0.4) is 0 Å². The van der Waals surface area contributed by atoms with Gasteiger partial charge in [-0.15, -0.1) is 11.3 Å². The van der Waals surface area contributed by atoms with Crippen molar-refractivity contribution in [1.82, 2.24) is 0 Å². The highest BCUT2D eigenvalue weighted by Crippen LogP contribution is 2.27. The van der Waals surface area contributed by atoms with Crippen molar-refractivity contribution in [3.63, 3.8) is 0 Å². The second kappa shape index (κ2) is 4.80. The molecule has 0 amide bonds. The SMILES string of the molecule is Cc1ccc(S(=O)(=O)Nc2ccccc2Br)s1. The minimum absolute atomic E-state index is 0.325. The summed E-state index contributed by atoms with van der Waals surface area (Å²) in [6.07, 6.45) is 0. The van der Waals surface area contributed by atoms with Gasteiger partial charge in [-0.3, -0.25) is 4.72 Å². The van der Waals surface area contributed by atoms with Crippen LogP contribution in [0.15, 0.2) is 45.1 Å². The third kappa shape index (κ3) is 2.88. The number of benzene rings is 1. The number of hydrogen-bond acceptors (Lipinski definition) is 3. The fourth-order valence-electron chi connectivity index (χ4n) is 1.30. The Bertz CT molecular complexity index is 634. The van der Waals surface area contributed by atoms with Crippen LogP contribution >= 0.6 is 27.3 Å². The lowest BCUT2D eigenvalue weighted by atomic mass is 10.3. The Morgan fingerprint density at radius 1 is 1.18 bits per heavy atom. The third-order valence-corrected chi connectivity index (χ3v) is 5.65. The largest absolute Gasteiger partial charge is 0.278 e. The van der Waals surface area contributed by atoms with Crippen LogP contribution in [0.25, 0.3) is 0 Å². The van der Waals surface area contributed by atoms with E-state index in [1.807, 2.05) is 13.0 Å². The molecular formula is C11H10BrNO2S2. The summed E-state index contributed by atoms with van der Waals surface area (Å²) in [6.45, 7) is 1.88. The van der Waals surface area contributed by atoms with E-state index in [0.29, 0.717) is 9.90 Å². The molecule has 2 aromatic rings. The second-order valence-corrected chi connectivity index (χ2v) is 7.50. The standard InChI is InChI=1S/C11H10BrNO2S2/c1-8-6-7-11(16-8)17(14,15)13-10-5-3-2-4-9(10)12/h2-7,13H,1H3. The first kappa shape index (κ1) is 12.6. The Morgan fingerprint density at radius 2 is 1.88 bits per heavy atom. The van der Waals surface area contributed by atoms with E-state index in [-0.39, 0.29) is 0 Å². The van der Waals surface area contributed by atoms with E-state index in [9.17, 15) is 8.42 Å². The van der Waals surface area contributed by atoms with Crippen LogP contribution in [-0.2, 0) is 10.0 Å². The summed E-state index contributed by atoms with van der Waals surface area (Å²) in [7, 11) is -3.48. The first-order valence-electron chi connectivity index (χ1n) is 4.83. The third-order valence-electron chi connectivity index (χ3n) is 2.10. The number of sulfonamides is 1. The van der Waals surface area contributed by atoms with E-state index in [1.54, 1.807) is 30.3 Å². The van der Waals surface area contributed by atoms with Crippen molar-refractivity contribution in [1.29, 1.82) is 0 Å². The summed E-state index contributed by atoms with van der Waals surface area (Å²) >= 11 is 4.56. The molecule has 1 heterocycles. The molecule has 0 aliphatic heterocycles. The highest BCUT2D eigenvalue weighted by Gasteiger charge is 2.17. The molecule has 0 aliphatic rings. The molecule has 0 spiro atoms. The number of aryl methyl sites for hydroxylation is 1. The predicted molar refractivity (Wildman–Crippen MR) is 74.0 cm³/mol. The molecule has 1 aromatic heterocycles. The molecule has 0 bridgehead atoms. The van der Waals surface area contributed by atoms with Crippen molar-refractivity contribution >= 4 is 43.0 Å². The molecule has 0 radical (unpaired) electrons. The second-order valence-electron chi connectivity index (χ2n) is 3.45. The molecule has 90 valence electrons. The maximum atomic E-state index is 12.0. The zero-order valence-electron chi connectivity index (χ0n) is 8.98. The quantitative estimate of drug-likeness (QED) is 0.933. The van der Waals surface area contributed by atoms with Crippen LogP contribution in [0, 0.1) is 6.92 Å². The zero-order valence-corrected chi connectivity index (χ0v) is 12.2. The summed E-state index contributed by atoms with van der Waals surface area (Å²) in [4.78, 5) is 0.970. The van der Waals surface area contributed by atoms with E-state index < -0.39 is 10.0 Å². The molecule has 0 saturated carbocycles. The number of rotatable bonds is 3. The summed E-state index contributed by atoms with van der Waals surface area (Å²) in [5.74, 6) is 0. The maximum absolute atomic E-state index is 12.0. The molecule has 0 saturated heterocycles. The molecule has 0 fully saturated rings. The average molecular weight is 332 g/mol. The average Bonchev–Trinajstić information content (AvgIpc) is 2.69. The highest BCUT2D eigenvalue weighted by molar-refractivity contribution is 9.10. The molecule has 17 heavy (non-hydrogen) atoms. The van der Waals surface area contributed by atoms with E-state index in [4.69, 9.17) is 0 Å². The van der Waals surface area contributed by atoms with Crippen LogP contribution in [0.5, 0.6) is 0 Å². The van der Waals surface area contributed by atoms with E-state index >= 15 is 0 Å². The number of thiophene rings is 1. The number of anilines is 1. The fourth-order valence-corrected chi connectivity index (χ4v) is 4.17. The van der Waals surface area contributed by atoms with Gasteiger partial charge in [0.05, 0.1) is 5.69 Å². The van der Waals surface area contributed by atoms with Crippen LogP contribution in [-0.4, -0.2) is 8.42 Å². The van der Waals surface area contributed by atoms with Crippen LogP contribution in [0.1, 0.15) is 4.88 Å². The summed E-state index contributed by atoms with van der Waals surface area (Å²) in [5.41, 5.74) is 0.540. The molecular weight excluding hydrogens is 322 g/mol. The lowest BCUT2D eigenvalue weighted by molar-refractivity contribution is 0.603. The zero-order chi connectivity index (χ0) is 12.5. The lowest BCUT2D eigenvalue weighted by Crippen LogP contribution is -2.11. The van der Waals surface area contributed by atoms with Gasteiger partial charge in [0, 0.05) is 9.35 Å². The van der Waals surface area contributed by atoms with Gasteiger partial charge < -0.3 is 0 Å². The Labute approximate surface area is 113 Å². The smallest absolute Gasteiger partial charge is 0.271 e. The topological polar surface area (TPSA) is 46.2 Å². The van der Waals surface area contributed by atoms with E-state index in [0.717, 1.165) is 9.35 Å². The molecule has 0 atom stereocenters. The number of halogens is 1. The van der Waals surface area contributed by atoms with Crippen LogP contribution in [0.4, 0.5) is 5.69 Å². The maximum Gasteiger partial charge on any atom is 0.271 e. The van der Waals surface area contributed by atoms with Crippen LogP contribution < -0.4 is 4.72 Å². The predicted octanol–water partition coefficient (Wildman–Crippen LogP) is 3.62. The Morgan fingerprint density at radius 3 is 2.47 bits per heavy atom. The molecule has 1 aromatic carbocycles. The normalized spacial score (nSPS) is 11.4. The molecule has 0 aliphatic carbocycles. The van der Waals surface area contributed by atoms with Crippen molar-refractivity contribution in [2.24, 2.45) is 0 Å². The lowest BCUT2D eigenvalue weighted by Gasteiger charge is -2.07. The first-order valence-corrected chi connectivity index (χ1v) is 7.92. The number of nitrogens with one attached hydrogen (secondary N) is 1. The molecule has 6 heteroatoms. The molecule has 3 nitrogen and oxygen atoms in total. The highest BCUT2D eigenvalue weighted by atomic mass is 79.9. The van der Waals surface area contributed by atoms with Crippen molar-refractivity contribution in [3.05, 3.63) is 45.7 Å². The van der Waals surface area contributed by atoms with Gasteiger partial charge in [-0.2, -0.15) is 0 Å². The van der Waals surface area contributed by atoms with Gasteiger partial charge in [-0.1, -0.05) is 12.1 Å². The molecule has 2 rings (SSSR count).